The van der Waals surface area contributed by atoms with E-state index in [0.717, 1.165) is 25.7 Å². The summed E-state index contributed by atoms with van der Waals surface area (Å²) in [5.41, 5.74) is -1.36. The first-order valence-corrected chi connectivity index (χ1v) is 14.4. The van der Waals surface area contributed by atoms with Gasteiger partial charge in [-0.1, -0.05) is 67.0 Å². The van der Waals surface area contributed by atoms with E-state index in [0.29, 0.717) is 31.1 Å². The van der Waals surface area contributed by atoms with Gasteiger partial charge in [0.25, 0.3) is 0 Å². The number of carbonyl (C=O) groups is 1. The van der Waals surface area contributed by atoms with Crippen molar-refractivity contribution in [3.63, 3.8) is 0 Å². The van der Waals surface area contributed by atoms with Crippen LogP contribution in [0, 0.1) is 56.2 Å². The van der Waals surface area contributed by atoms with Crippen molar-refractivity contribution in [1.82, 2.24) is 0 Å². The summed E-state index contributed by atoms with van der Waals surface area (Å²) in [4.78, 5) is 12.9. The molecule has 0 radical (unpaired) electrons. The zero-order valence-corrected chi connectivity index (χ0v) is 23.8. The number of aliphatic hydroxyl groups is 3. The molecule has 0 aliphatic heterocycles. The smallest absolute Gasteiger partial charge is 0.310 e. The first kappa shape index (κ1) is 26.7. The molecule has 4 saturated carbocycles. The Morgan fingerprint density at radius 2 is 1.56 bits per heavy atom. The predicted octanol–water partition coefficient (Wildman–Crippen LogP) is 5.42. The number of carboxylic acid groups (broad SMARTS) is 1. The third kappa shape index (κ3) is 2.71. The van der Waals surface area contributed by atoms with Gasteiger partial charge >= 0.3 is 5.97 Å². The Bertz CT molecular complexity index is 987. The van der Waals surface area contributed by atoms with Crippen LogP contribution in [0.1, 0.15) is 100 Å². The van der Waals surface area contributed by atoms with Crippen LogP contribution in [0.3, 0.4) is 0 Å². The van der Waals surface area contributed by atoms with E-state index in [4.69, 9.17) is 0 Å². The van der Waals surface area contributed by atoms with Gasteiger partial charge in [0, 0.05) is 10.8 Å². The quantitative estimate of drug-likeness (QED) is 0.359. The number of aliphatic carboxylic acids is 1. The van der Waals surface area contributed by atoms with Crippen LogP contribution in [-0.2, 0) is 4.79 Å². The third-order valence-corrected chi connectivity index (χ3v) is 14.5. The van der Waals surface area contributed by atoms with Crippen molar-refractivity contribution in [3.05, 3.63) is 11.6 Å². The van der Waals surface area contributed by atoms with Crippen LogP contribution in [-0.4, -0.2) is 44.7 Å². The van der Waals surface area contributed by atoms with Crippen molar-refractivity contribution >= 4 is 5.97 Å². The summed E-state index contributed by atoms with van der Waals surface area (Å²) in [6, 6.07) is 0. The summed E-state index contributed by atoms with van der Waals surface area (Å²) in [7, 11) is 0. The molecule has 4 N–H and O–H groups in total. The van der Waals surface area contributed by atoms with Gasteiger partial charge < -0.3 is 20.4 Å². The molecule has 0 amide bonds. The molecule has 0 heterocycles. The Balaban J connectivity index is 1.68. The van der Waals surface area contributed by atoms with Crippen molar-refractivity contribution in [2.24, 2.45) is 56.2 Å². The minimum atomic E-state index is -0.879. The van der Waals surface area contributed by atoms with E-state index in [1.165, 1.54) is 5.57 Å². The molecule has 5 heteroatoms. The molecule has 12 atom stereocenters. The molecule has 5 aliphatic carbocycles. The minimum absolute atomic E-state index is 0.0312. The van der Waals surface area contributed by atoms with Gasteiger partial charge in [-0.25, -0.2) is 0 Å². The van der Waals surface area contributed by atoms with Gasteiger partial charge in [-0.3, -0.25) is 4.79 Å². The molecule has 5 aliphatic rings. The van der Waals surface area contributed by atoms with Gasteiger partial charge in [-0.15, -0.1) is 0 Å². The van der Waals surface area contributed by atoms with Gasteiger partial charge in [-0.05, 0) is 84.9 Å². The highest BCUT2D eigenvalue weighted by Gasteiger charge is 2.75. The number of rotatable bonds is 1. The normalized spacial score (nSPS) is 58.0. The van der Waals surface area contributed by atoms with E-state index in [-0.39, 0.29) is 28.1 Å². The van der Waals surface area contributed by atoms with Crippen LogP contribution in [0.15, 0.2) is 11.6 Å². The molecular formula is C31H50O5. The van der Waals surface area contributed by atoms with E-state index in [1.807, 2.05) is 13.8 Å². The highest BCUT2D eigenvalue weighted by atomic mass is 16.4. The second-order valence-corrected chi connectivity index (χ2v) is 15.3. The van der Waals surface area contributed by atoms with Crippen LogP contribution in [0.2, 0.25) is 0 Å². The van der Waals surface area contributed by atoms with Crippen molar-refractivity contribution < 1.29 is 25.2 Å². The molecule has 0 bridgehead atoms. The first-order valence-electron chi connectivity index (χ1n) is 14.4. The molecule has 36 heavy (non-hydrogen) atoms. The standard InChI is InChI=1S/C31H50O5/c1-17-11-12-31(25(35)36)14-13-27(5)19(23(31)18(17)2)9-10-21-28(27,6)16-22(33)30(8)26(3,4)24(34)20(32)15-29(21,30)7/h9,17-18,20-24,32-34H,10-16H2,1-8H3,(H,35,36). The third-order valence-electron chi connectivity index (χ3n) is 14.5. The predicted molar refractivity (Wildman–Crippen MR) is 140 cm³/mol. The fraction of sp³-hybridized carbons (Fsp3) is 0.903. The summed E-state index contributed by atoms with van der Waals surface area (Å²) in [5, 5.41) is 44.8. The van der Waals surface area contributed by atoms with Crippen LogP contribution >= 0.6 is 0 Å². The van der Waals surface area contributed by atoms with E-state index >= 15 is 0 Å². The Morgan fingerprint density at radius 1 is 0.917 bits per heavy atom. The number of allylic oxidation sites excluding steroid dienone is 2. The maximum atomic E-state index is 12.9. The minimum Gasteiger partial charge on any atom is -0.481 e. The SMILES string of the molecule is CC1CCC2(C(=O)O)CCC3(C)C(=CCC4C3(C)CC(O)C3(C)C(C)(C)C(O)C(O)CC43C)C2C1C. The van der Waals surface area contributed by atoms with E-state index in [9.17, 15) is 25.2 Å². The Labute approximate surface area is 217 Å². The molecule has 5 rings (SSSR count). The summed E-state index contributed by atoms with van der Waals surface area (Å²) in [5.74, 6) is 0.424. The molecule has 12 unspecified atom stereocenters. The number of aliphatic hydroxyl groups excluding tert-OH is 3. The van der Waals surface area contributed by atoms with Crippen molar-refractivity contribution in [1.29, 1.82) is 0 Å². The second kappa shape index (κ2) is 7.60. The lowest BCUT2D eigenvalue weighted by Gasteiger charge is -2.76. The lowest BCUT2D eigenvalue weighted by atomic mass is 9.29. The fourth-order valence-corrected chi connectivity index (χ4v) is 11.3. The van der Waals surface area contributed by atoms with Gasteiger partial charge in [-0.2, -0.15) is 0 Å². The number of carboxylic acids is 1. The molecule has 0 aromatic heterocycles. The van der Waals surface area contributed by atoms with Crippen molar-refractivity contribution in [2.45, 2.75) is 119 Å². The van der Waals surface area contributed by atoms with Crippen LogP contribution in [0.5, 0.6) is 0 Å². The maximum absolute atomic E-state index is 12.9. The van der Waals surface area contributed by atoms with Gasteiger partial charge in [0.15, 0.2) is 0 Å². The first-order chi connectivity index (χ1) is 16.5. The monoisotopic (exact) mass is 502 g/mol. The molecule has 0 aromatic rings. The Kier molecular flexibility index (Phi) is 5.63. The lowest BCUT2D eigenvalue weighted by molar-refractivity contribution is -0.309. The van der Waals surface area contributed by atoms with Crippen LogP contribution in [0.25, 0.3) is 0 Å². The van der Waals surface area contributed by atoms with Crippen LogP contribution in [0.4, 0.5) is 0 Å². The highest BCUT2D eigenvalue weighted by molar-refractivity contribution is 5.76. The average molecular weight is 503 g/mol. The fourth-order valence-electron chi connectivity index (χ4n) is 11.3. The largest absolute Gasteiger partial charge is 0.481 e. The number of fused-ring (bicyclic) bond motifs is 7. The zero-order chi connectivity index (χ0) is 26.9. The molecule has 4 fully saturated rings. The topological polar surface area (TPSA) is 98.0 Å². The summed E-state index contributed by atoms with van der Waals surface area (Å²) in [6.45, 7) is 17.7. The lowest BCUT2D eigenvalue weighted by Crippen LogP contribution is -2.75. The Morgan fingerprint density at radius 3 is 2.17 bits per heavy atom. The summed E-state index contributed by atoms with van der Waals surface area (Å²) < 4.78 is 0. The number of hydrogen-bond acceptors (Lipinski definition) is 4. The highest BCUT2D eigenvalue weighted by Crippen LogP contribution is 2.78. The molecular weight excluding hydrogens is 452 g/mol. The molecule has 0 saturated heterocycles. The van der Waals surface area contributed by atoms with Gasteiger partial charge in [0.2, 0.25) is 0 Å². The summed E-state index contributed by atoms with van der Waals surface area (Å²) in [6.07, 6.45) is 5.28. The zero-order valence-electron chi connectivity index (χ0n) is 23.8. The van der Waals surface area contributed by atoms with Gasteiger partial charge in [0.05, 0.1) is 23.7 Å². The molecule has 204 valence electrons. The molecule has 0 spiro atoms. The van der Waals surface area contributed by atoms with Gasteiger partial charge in [0.1, 0.15) is 0 Å². The molecule has 0 aromatic carbocycles. The summed E-state index contributed by atoms with van der Waals surface area (Å²) >= 11 is 0. The average Bonchev–Trinajstić information content (AvgIpc) is 2.79. The van der Waals surface area contributed by atoms with Crippen LogP contribution < -0.4 is 0 Å². The Hall–Kier alpha value is -0.910. The number of hydrogen-bond donors (Lipinski definition) is 4. The van der Waals surface area contributed by atoms with Crippen molar-refractivity contribution in [3.8, 4) is 0 Å². The van der Waals surface area contributed by atoms with E-state index < -0.39 is 40.5 Å². The molecule has 5 nitrogen and oxygen atoms in total. The van der Waals surface area contributed by atoms with Crippen molar-refractivity contribution in [2.75, 3.05) is 0 Å². The van der Waals surface area contributed by atoms with E-state index in [1.54, 1.807) is 0 Å². The maximum Gasteiger partial charge on any atom is 0.310 e. The second-order valence-electron chi connectivity index (χ2n) is 15.3. The van der Waals surface area contributed by atoms with E-state index in [2.05, 4.69) is 47.6 Å².